The summed E-state index contributed by atoms with van der Waals surface area (Å²) in [6.45, 7) is 13.6. The Morgan fingerprint density at radius 2 is 2.00 bits per heavy atom. The zero-order valence-electron chi connectivity index (χ0n) is 10.1. The summed E-state index contributed by atoms with van der Waals surface area (Å²) in [4.78, 5) is 0. The summed E-state index contributed by atoms with van der Waals surface area (Å²) >= 11 is 0. The molecule has 80 valence electrons. The lowest BCUT2D eigenvalue weighted by Crippen LogP contribution is -2.54. The Morgan fingerprint density at radius 3 is 2.43 bits per heavy atom. The molecule has 0 aromatic heterocycles. The van der Waals surface area contributed by atoms with Crippen molar-refractivity contribution in [3.05, 3.63) is 12.2 Å². The monoisotopic (exact) mass is 192 g/mol. The van der Waals surface area contributed by atoms with Gasteiger partial charge in [-0.1, -0.05) is 26.3 Å². The number of rotatable bonds is 2. The van der Waals surface area contributed by atoms with Gasteiger partial charge in [-0.2, -0.15) is 0 Å². The Kier molecular flexibility index (Phi) is 2.28. The van der Waals surface area contributed by atoms with E-state index in [1.54, 1.807) is 0 Å². The minimum atomic E-state index is 0.644. The van der Waals surface area contributed by atoms with E-state index in [2.05, 4.69) is 34.3 Å². The van der Waals surface area contributed by atoms with Gasteiger partial charge in [-0.25, -0.2) is 0 Å². The first-order valence-corrected chi connectivity index (χ1v) is 6.07. The van der Waals surface area contributed by atoms with Crippen LogP contribution in [0.1, 0.15) is 47.0 Å². The van der Waals surface area contributed by atoms with Crippen LogP contribution >= 0.6 is 0 Å². The van der Waals surface area contributed by atoms with Crippen LogP contribution in [0.4, 0.5) is 0 Å². The van der Waals surface area contributed by atoms with Gasteiger partial charge in [0.1, 0.15) is 0 Å². The number of fused-ring (bicyclic) bond motifs is 2. The predicted octanol–water partition coefficient (Wildman–Crippen LogP) is 4.27. The van der Waals surface area contributed by atoms with Gasteiger partial charge in [0.05, 0.1) is 0 Å². The average Bonchev–Trinajstić information content (AvgIpc) is 2.06. The average molecular weight is 192 g/mol. The minimum absolute atomic E-state index is 0.644. The Labute approximate surface area is 88.8 Å². The largest absolute Gasteiger partial charge is 0.100 e. The smallest absolute Gasteiger partial charge is 0.0295 e. The molecule has 0 N–H and O–H groups in total. The third kappa shape index (κ3) is 1.34. The second-order valence-corrected chi connectivity index (χ2v) is 6.38. The number of hydrogen-bond acceptors (Lipinski definition) is 0. The fourth-order valence-corrected chi connectivity index (χ4v) is 3.97. The molecule has 0 unspecified atom stereocenters. The molecule has 2 bridgehead atoms. The molecule has 3 aliphatic rings. The lowest BCUT2D eigenvalue weighted by Gasteiger charge is -2.62. The molecule has 0 saturated heterocycles. The molecule has 3 aliphatic carbocycles. The fraction of sp³-hybridized carbons (Fsp3) is 0.857. The van der Waals surface area contributed by atoms with Gasteiger partial charge in [0.25, 0.3) is 0 Å². The van der Waals surface area contributed by atoms with Crippen molar-refractivity contribution in [2.45, 2.75) is 47.0 Å². The summed E-state index contributed by atoms with van der Waals surface area (Å²) in [6.07, 6.45) is 4.22. The van der Waals surface area contributed by atoms with E-state index >= 15 is 0 Å². The summed E-state index contributed by atoms with van der Waals surface area (Å²) in [6, 6.07) is 0. The van der Waals surface area contributed by atoms with E-state index in [0.29, 0.717) is 5.41 Å². The molecule has 14 heavy (non-hydrogen) atoms. The first-order chi connectivity index (χ1) is 6.43. The van der Waals surface area contributed by atoms with Crippen LogP contribution in [-0.2, 0) is 0 Å². The highest BCUT2D eigenvalue weighted by Gasteiger charge is 2.55. The molecule has 3 rings (SSSR count). The molecule has 0 heteroatoms. The van der Waals surface area contributed by atoms with E-state index in [9.17, 15) is 0 Å². The van der Waals surface area contributed by atoms with Gasteiger partial charge in [0, 0.05) is 0 Å². The van der Waals surface area contributed by atoms with Crippen molar-refractivity contribution in [3.63, 3.8) is 0 Å². The molecule has 0 spiro atoms. The van der Waals surface area contributed by atoms with Crippen molar-refractivity contribution in [2.24, 2.45) is 29.1 Å². The lowest BCUT2D eigenvalue weighted by molar-refractivity contribution is -0.128. The highest BCUT2D eigenvalue weighted by Crippen LogP contribution is 2.63. The highest BCUT2D eigenvalue weighted by molar-refractivity contribution is 5.07. The van der Waals surface area contributed by atoms with Crippen LogP contribution in [0.25, 0.3) is 0 Å². The van der Waals surface area contributed by atoms with Gasteiger partial charge < -0.3 is 0 Å². The summed E-state index contributed by atoms with van der Waals surface area (Å²) < 4.78 is 0. The molecule has 0 heterocycles. The predicted molar refractivity (Wildman–Crippen MR) is 62.1 cm³/mol. The van der Waals surface area contributed by atoms with E-state index in [0.717, 1.165) is 23.7 Å². The topological polar surface area (TPSA) is 0 Å². The fourth-order valence-electron chi connectivity index (χ4n) is 3.97. The Bertz CT molecular complexity index is 249. The third-order valence-electron chi connectivity index (χ3n) is 5.12. The Morgan fingerprint density at radius 1 is 1.36 bits per heavy atom. The van der Waals surface area contributed by atoms with Crippen LogP contribution < -0.4 is 0 Å². The molecule has 0 aromatic carbocycles. The van der Waals surface area contributed by atoms with Crippen LogP contribution in [0.2, 0.25) is 0 Å². The Hall–Kier alpha value is -0.260. The number of hydrogen-bond donors (Lipinski definition) is 0. The van der Waals surface area contributed by atoms with Crippen LogP contribution in [0.5, 0.6) is 0 Å². The number of allylic oxidation sites excluding steroid dienone is 1. The third-order valence-corrected chi connectivity index (χ3v) is 5.12. The molecule has 0 amide bonds. The van der Waals surface area contributed by atoms with Crippen LogP contribution in [0.3, 0.4) is 0 Å². The molecule has 4 atom stereocenters. The van der Waals surface area contributed by atoms with E-state index < -0.39 is 0 Å². The molecule has 3 fully saturated rings. The summed E-state index contributed by atoms with van der Waals surface area (Å²) in [5.41, 5.74) is 2.02. The van der Waals surface area contributed by atoms with Crippen LogP contribution in [-0.4, -0.2) is 0 Å². The van der Waals surface area contributed by atoms with E-state index in [1.165, 1.54) is 24.8 Å². The standard InChI is InChI=1S/C14H24/c1-9(2)6-11-7-12-8-13(10(11)3)14(12,4)5/h10-13H,1,6-8H2,2-5H3/t10-,11+,12+,13+/m0/s1. The highest BCUT2D eigenvalue weighted by atomic mass is 14.6. The van der Waals surface area contributed by atoms with E-state index in [1.807, 2.05) is 0 Å². The molecule has 0 nitrogen and oxygen atoms in total. The van der Waals surface area contributed by atoms with Gasteiger partial charge in [-0.05, 0) is 55.3 Å². The van der Waals surface area contributed by atoms with Gasteiger partial charge in [0.15, 0.2) is 0 Å². The normalized spacial score (nSPS) is 44.3. The Balaban J connectivity index is 2.04. The SMILES string of the molecule is C=C(C)C[C@@H]1C[C@@H]2C[C@H]([C@H]1C)C2(C)C. The molecular weight excluding hydrogens is 168 g/mol. The zero-order valence-corrected chi connectivity index (χ0v) is 10.1. The maximum Gasteiger partial charge on any atom is -0.0295 e. The summed E-state index contributed by atoms with van der Waals surface area (Å²) in [7, 11) is 0. The maximum absolute atomic E-state index is 4.06. The van der Waals surface area contributed by atoms with Crippen molar-refractivity contribution in [1.82, 2.24) is 0 Å². The van der Waals surface area contributed by atoms with Crippen molar-refractivity contribution in [3.8, 4) is 0 Å². The van der Waals surface area contributed by atoms with Crippen molar-refractivity contribution in [1.29, 1.82) is 0 Å². The second kappa shape index (κ2) is 3.12. The lowest BCUT2D eigenvalue weighted by atomic mass is 9.43. The summed E-state index contributed by atoms with van der Waals surface area (Å²) in [5, 5.41) is 0. The minimum Gasteiger partial charge on any atom is -0.100 e. The van der Waals surface area contributed by atoms with Crippen LogP contribution in [0, 0.1) is 29.1 Å². The van der Waals surface area contributed by atoms with E-state index in [-0.39, 0.29) is 0 Å². The molecular formula is C14H24. The molecule has 0 aromatic rings. The zero-order chi connectivity index (χ0) is 10.5. The van der Waals surface area contributed by atoms with Crippen molar-refractivity contribution in [2.75, 3.05) is 0 Å². The first kappa shape index (κ1) is 10.3. The van der Waals surface area contributed by atoms with Crippen molar-refractivity contribution >= 4 is 0 Å². The first-order valence-electron chi connectivity index (χ1n) is 6.07. The van der Waals surface area contributed by atoms with Gasteiger partial charge >= 0.3 is 0 Å². The summed E-state index contributed by atoms with van der Waals surface area (Å²) in [5.74, 6) is 3.86. The maximum atomic E-state index is 4.06. The molecule has 0 aliphatic heterocycles. The molecule has 0 radical (unpaired) electrons. The molecule has 3 saturated carbocycles. The van der Waals surface area contributed by atoms with Crippen LogP contribution in [0.15, 0.2) is 12.2 Å². The quantitative estimate of drug-likeness (QED) is 0.573. The van der Waals surface area contributed by atoms with Gasteiger partial charge in [-0.15, -0.1) is 6.58 Å². The van der Waals surface area contributed by atoms with E-state index in [4.69, 9.17) is 0 Å². The second-order valence-electron chi connectivity index (χ2n) is 6.38. The van der Waals surface area contributed by atoms with Gasteiger partial charge in [-0.3, -0.25) is 0 Å². The van der Waals surface area contributed by atoms with Crippen molar-refractivity contribution < 1.29 is 0 Å². The van der Waals surface area contributed by atoms with Gasteiger partial charge in [0.2, 0.25) is 0 Å².